The molecule has 224 valence electrons. The largest absolute Gasteiger partial charge is 0.481 e. The summed E-state index contributed by atoms with van der Waals surface area (Å²) in [6.07, 6.45) is 7.46. The third kappa shape index (κ3) is 11.5. The van der Waals surface area contributed by atoms with Crippen LogP contribution in [-0.2, 0) is 30.4 Å². The summed E-state index contributed by atoms with van der Waals surface area (Å²) in [5.41, 5.74) is 9.44. The summed E-state index contributed by atoms with van der Waals surface area (Å²) in [6.45, 7) is 5.73. The van der Waals surface area contributed by atoms with E-state index in [4.69, 9.17) is 15.9 Å². The lowest BCUT2D eigenvalue weighted by Crippen LogP contribution is -2.53. The van der Waals surface area contributed by atoms with Gasteiger partial charge in [-0.3, -0.25) is 24.0 Å². The highest BCUT2D eigenvalue weighted by Gasteiger charge is 2.26. The van der Waals surface area contributed by atoms with E-state index >= 15 is 0 Å². The molecule has 0 bridgehead atoms. The van der Waals surface area contributed by atoms with Crippen molar-refractivity contribution in [2.24, 2.45) is 5.73 Å². The Hall–Kier alpha value is -4.51. The zero-order valence-corrected chi connectivity index (χ0v) is 24.3. The topological polar surface area (TPSA) is 176 Å². The number of aliphatic carboxylic acids is 2. The van der Waals surface area contributed by atoms with Crippen LogP contribution in [0.3, 0.4) is 0 Å². The molecule has 3 amide bonds. The molecule has 0 spiro atoms. The number of rotatable bonds is 18. The van der Waals surface area contributed by atoms with Crippen molar-refractivity contribution in [3.63, 3.8) is 0 Å². The molecule has 0 aliphatic carbocycles. The van der Waals surface area contributed by atoms with Gasteiger partial charge in [0.2, 0.25) is 17.7 Å². The first-order valence-electron chi connectivity index (χ1n) is 13.5. The number of thiophene rings is 1. The molecular weight excluding hydrogens is 558 g/mol. The lowest BCUT2D eigenvalue weighted by atomic mass is 10.0. The van der Waals surface area contributed by atoms with Crippen molar-refractivity contribution in [3.05, 3.63) is 77.7 Å². The normalized spacial score (nSPS) is 12.8. The van der Waals surface area contributed by atoms with E-state index in [1.807, 2.05) is 49.4 Å². The number of carboxylic acids is 2. The molecule has 11 heteroatoms. The summed E-state index contributed by atoms with van der Waals surface area (Å²) in [6, 6.07) is 7.58. The number of nitrogens with one attached hydrogen (secondary N) is 2. The first kappa shape index (κ1) is 33.7. The van der Waals surface area contributed by atoms with Crippen molar-refractivity contribution in [1.82, 2.24) is 10.6 Å². The van der Waals surface area contributed by atoms with Gasteiger partial charge in [0, 0.05) is 24.1 Å². The van der Waals surface area contributed by atoms with Crippen LogP contribution in [0.5, 0.6) is 0 Å². The molecule has 0 saturated heterocycles. The number of nitrogens with two attached hydrogens (primary N) is 1. The molecular formula is C31H37N3O7S. The fourth-order valence-corrected chi connectivity index (χ4v) is 5.03. The summed E-state index contributed by atoms with van der Waals surface area (Å²) in [7, 11) is 0. The number of carboxylic acid groups (broad SMARTS) is 2. The van der Waals surface area contributed by atoms with Gasteiger partial charge in [0.05, 0.1) is 0 Å². The molecule has 2 rings (SSSR count). The van der Waals surface area contributed by atoms with Crippen molar-refractivity contribution in [1.29, 1.82) is 0 Å². The van der Waals surface area contributed by atoms with Gasteiger partial charge in [-0.25, -0.2) is 0 Å². The second-order valence-corrected chi connectivity index (χ2v) is 10.5. The molecule has 0 fully saturated rings. The average molecular weight is 596 g/mol. The fraction of sp³-hybridized carbons (Fsp3) is 0.323. The Morgan fingerprint density at radius 2 is 1.67 bits per heavy atom. The first-order valence-corrected chi connectivity index (χ1v) is 14.4. The molecule has 0 aliphatic rings. The predicted molar refractivity (Wildman–Crippen MR) is 162 cm³/mol. The smallest absolute Gasteiger partial charge is 0.303 e. The third-order valence-electron chi connectivity index (χ3n) is 6.30. The fourth-order valence-electron chi connectivity index (χ4n) is 4.11. The highest BCUT2D eigenvalue weighted by molar-refractivity contribution is 7.13. The van der Waals surface area contributed by atoms with Crippen LogP contribution in [0, 0.1) is 0 Å². The maximum Gasteiger partial charge on any atom is 0.303 e. The second-order valence-electron chi connectivity index (χ2n) is 9.56. The van der Waals surface area contributed by atoms with Crippen molar-refractivity contribution >= 4 is 46.6 Å². The maximum atomic E-state index is 12.8. The van der Waals surface area contributed by atoms with Crippen molar-refractivity contribution in [2.75, 3.05) is 0 Å². The molecule has 1 unspecified atom stereocenters. The molecule has 42 heavy (non-hydrogen) atoms. The number of carbonyl (C=O) groups excluding carboxylic acids is 3. The lowest BCUT2D eigenvalue weighted by molar-refractivity contribution is -0.138. The number of aryl methyl sites for hydroxylation is 1. The minimum atomic E-state index is -1.20. The van der Waals surface area contributed by atoms with E-state index in [-0.39, 0.29) is 38.5 Å². The standard InChI is InChI=1S/C31H37N3O7S/c1-3-6-21(7-4-2)23-18-26(42-19-23)22-13-10-20(11-14-22)12-16-27(35)33-25(15-17-29(38)39)31(41)34-24(30(32)40)8-5-9-28(36)37/h3-4,6-7,10-11,13-14,18-19,24-25H,1,5,8-9,12,15-17H2,2H3,(H2,32,40)(H,33,35)(H,34,41)(H,36,37)(H,38,39)/b7-4-,21-6+/t24-,25?/m0/s1. The highest BCUT2D eigenvalue weighted by Crippen LogP contribution is 2.31. The number of allylic oxidation sites excluding steroid dienone is 5. The van der Waals surface area contributed by atoms with Crippen LogP contribution >= 0.6 is 11.3 Å². The molecule has 2 atom stereocenters. The van der Waals surface area contributed by atoms with Crippen LogP contribution in [-0.4, -0.2) is 52.0 Å². The Kier molecular flexibility index (Phi) is 13.9. The maximum absolute atomic E-state index is 12.8. The number of primary amides is 1. The van der Waals surface area contributed by atoms with Gasteiger partial charge in [-0.15, -0.1) is 11.3 Å². The van der Waals surface area contributed by atoms with Crippen LogP contribution < -0.4 is 16.4 Å². The Morgan fingerprint density at radius 3 is 2.26 bits per heavy atom. The van der Waals surface area contributed by atoms with Gasteiger partial charge in [-0.05, 0) is 66.3 Å². The Labute approximate surface area is 249 Å². The molecule has 6 N–H and O–H groups in total. The van der Waals surface area contributed by atoms with Gasteiger partial charge in [-0.2, -0.15) is 0 Å². The highest BCUT2D eigenvalue weighted by atomic mass is 32.1. The Morgan fingerprint density at radius 1 is 0.976 bits per heavy atom. The summed E-state index contributed by atoms with van der Waals surface area (Å²) in [5, 5.41) is 24.9. The van der Waals surface area contributed by atoms with E-state index in [1.54, 1.807) is 17.4 Å². The molecule has 2 aromatic rings. The number of carbonyl (C=O) groups is 5. The Bertz CT molecular complexity index is 1330. The summed E-state index contributed by atoms with van der Waals surface area (Å²) in [4.78, 5) is 60.2. The summed E-state index contributed by atoms with van der Waals surface area (Å²) < 4.78 is 0. The number of amides is 3. The van der Waals surface area contributed by atoms with E-state index < -0.39 is 41.7 Å². The molecule has 1 aromatic heterocycles. The van der Waals surface area contributed by atoms with Gasteiger partial charge in [0.25, 0.3) is 0 Å². The minimum Gasteiger partial charge on any atom is -0.481 e. The van der Waals surface area contributed by atoms with E-state index in [1.165, 1.54) is 0 Å². The van der Waals surface area contributed by atoms with Crippen LogP contribution in [0.4, 0.5) is 0 Å². The third-order valence-corrected chi connectivity index (χ3v) is 7.28. The van der Waals surface area contributed by atoms with Crippen LogP contribution in [0.2, 0.25) is 0 Å². The number of benzene rings is 1. The number of hydrogen-bond acceptors (Lipinski definition) is 6. The second kappa shape index (κ2) is 17.3. The van der Waals surface area contributed by atoms with Gasteiger partial charge in [0.15, 0.2) is 0 Å². The van der Waals surface area contributed by atoms with E-state index in [9.17, 15) is 24.0 Å². The lowest BCUT2D eigenvalue weighted by Gasteiger charge is -2.21. The monoisotopic (exact) mass is 595 g/mol. The summed E-state index contributed by atoms with van der Waals surface area (Å²) in [5.74, 6) is -4.28. The molecule has 0 radical (unpaired) electrons. The predicted octanol–water partition coefficient (Wildman–Crippen LogP) is 4.07. The molecule has 1 heterocycles. The van der Waals surface area contributed by atoms with Crippen LogP contribution in [0.1, 0.15) is 56.6 Å². The van der Waals surface area contributed by atoms with Crippen LogP contribution in [0.15, 0.2) is 66.6 Å². The zero-order valence-electron chi connectivity index (χ0n) is 23.5. The van der Waals surface area contributed by atoms with Crippen molar-refractivity contribution in [3.8, 4) is 10.4 Å². The molecule has 0 saturated carbocycles. The van der Waals surface area contributed by atoms with Gasteiger partial charge >= 0.3 is 11.9 Å². The SMILES string of the molecule is C=C/C=C(\C=C/C)c1csc(-c2ccc(CCC(=O)NC(CCC(=O)O)C(=O)N[C@@H](CCCC(=O)O)C(N)=O)cc2)c1. The quantitative estimate of drug-likeness (QED) is 0.161. The molecule has 10 nitrogen and oxygen atoms in total. The Balaban J connectivity index is 2.00. The molecule has 0 aliphatic heterocycles. The number of hydrogen-bond donors (Lipinski definition) is 5. The minimum absolute atomic E-state index is 0.00176. The van der Waals surface area contributed by atoms with Gasteiger partial charge in [0.1, 0.15) is 12.1 Å². The van der Waals surface area contributed by atoms with Crippen molar-refractivity contribution < 1.29 is 34.2 Å². The van der Waals surface area contributed by atoms with Gasteiger partial charge in [-0.1, -0.05) is 55.1 Å². The van der Waals surface area contributed by atoms with E-state index in [2.05, 4.69) is 28.7 Å². The van der Waals surface area contributed by atoms with E-state index in [0.717, 1.165) is 27.1 Å². The van der Waals surface area contributed by atoms with Gasteiger partial charge < -0.3 is 26.6 Å². The van der Waals surface area contributed by atoms with Crippen LogP contribution in [0.25, 0.3) is 16.0 Å². The zero-order chi connectivity index (χ0) is 31.1. The van der Waals surface area contributed by atoms with E-state index in [0.29, 0.717) is 6.42 Å². The molecule has 1 aromatic carbocycles. The average Bonchev–Trinajstić information content (AvgIpc) is 3.43. The first-order chi connectivity index (χ1) is 20.0. The van der Waals surface area contributed by atoms with Crippen molar-refractivity contribution in [2.45, 2.75) is 64.0 Å². The summed E-state index contributed by atoms with van der Waals surface area (Å²) >= 11 is 1.63.